The number of benzene rings is 2. The van der Waals surface area contributed by atoms with Gasteiger partial charge in [-0.25, -0.2) is 0 Å². The maximum absolute atomic E-state index is 12.7. The summed E-state index contributed by atoms with van der Waals surface area (Å²) in [4.78, 5) is 19.6. The fourth-order valence-corrected chi connectivity index (χ4v) is 3.66. The Bertz CT molecular complexity index is 779. The molecule has 5 nitrogen and oxygen atoms in total. The normalized spacial score (nSPS) is 16.6. The van der Waals surface area contributed by atoms with Crippen LogP contribution in [-0.2, 0) is 0 Å². The van der Waals surface area contributed by atoms with Gasteiger partial charge in [0, 0.05) is 58.1 Å². The molecule has 1 atom stereocenters. The van der Waals surface area contributed by atoms with Crippen molar-refractivity contribution in [1.82, 2.24) is 15.1 Å². The van der Waals surface area contributed by atoms with Gasteiger partial charge in [0.15, 0.2) is 0 Å². The van der Waals surface area contributed by atoms with Gasteiger partial charge < -0.3 is 15.1 Å². The molecule has 0 bridgehead atoms. The number of piperazine rings is 1. The molecule has 0 radical (unpaired) electrons. The zero-order valence-corrected chi connectivity index (χ0v) is 17.5. The minimum atomic E-state index is -0.00672. The number of nitrogens with zero attached hydrogens (tertiary/aromatic N) is 3. The van der Waals surface area contributed by atoms with Crippen LogP contribution >= 0.6 is 0 Å². The van der Waals surface area contributed by atoms with E-state index in [0.29, 0.717) is 6.54 Å². The minimum Gasteiger partial charge on any atom is -0.378 e. The lowest BCUT2D eigenvalue weighted by Gasteiger charge is -2.38. The number of rotatable bonds is 6. The van der Waals surface area contributed by atoms with E-state index in [1.54, 1.807) is 0 Å². The molecule has 1 aliphatic rings. The molecule has 1 heterocycles. The maximum Gasteiger partial charge on any atom is 0.251 e. The molecule has 0 aliphatic carbocycles. The lowest BCUT2D eigenvalue weighted by atomic mass is 10.0. The van der Waals surface area contributed by atoms with Crippen LogP contribution in [0.4, 0.5) is 5.69 Å². The van der Waals surface area contributed by atoms with E-state index in [1.807, 2.05) is 31.2 Å². The molecule has 2 aromatic rings. The van der Waals surface area contributed by atoms with Crippen molar-refractivity contribution >= 4 is 11.6 Å². The topological polar surface area (TPSA) is 38.8 Å². The average molecular weight is 381 g/mol. The van der Waals surface area contributed by atoms with Crippen molar-refractivity contribution in [3.63, 3.8) is 0 Å². The average Bonchev–Trinajstić information content (AvgIpc) is 2.69. The Kier molecular flexibility index (Phi) is 6.70. The van der Waals surface area contributed by atoms with Crippen LogP contribution in [0.3, 0.4) is 0 Å². The van der Waals surface area contributed by atoms with E-state index in [2.05, 4.69) is 65.4 Å². The van der Waals surface area contributed by atoms with Crippen LogP contribution in [0.5, 0.6) is 0 Å². The summed E-state index contributed by atoms with van der Waals surface area (Å²) in [6.07, 6.45) is 0. The molecule has 0 aromatic heterocycles. The minimum absolute atomic E-state index is 0.00672. The van der Waals surface area contributed by atoms with Crippen molar-refractivity contribution < 1.29 is 4.79 Å². The lowest BCUT2D eigenvalue weighted by molar-refractivity contribution is 0.0886. The van der Waals surface area contributed by atoms with Gasteiger partial charge in [0.1, 0.15) is 0 Å². The van der Waals surface area contributed by atoms with Gasteiger partial charge >= 0.3 is 0 Å². The van der Waals surface area contributed by atoms with Gasteiger partial charge in [-0.1, -0.05) is 29.8 Å². The monoisotopic (exact) mass is 380 g/mol. The van der Waals surface area contributed by atoms with Gasteiger partial charge in [-0.3, -0.25) is 9.69 Å². The third-order valence-electron chi connectivity index (χ3n) is 5.51. The van der Waals surface area contributed by atoms with Gasteiger partial charge in [-0.15, -0.1) is 0 Å². The summed E-state index contributed by atoms with van der Waals surface area (Å²) in [5.74, 6) is -0.00672. The van der Waals surface area contributed by atoms with Gasteiger partial charge in [-0.05, 0) is 43.8 Å². The maximum atomic E-state index is 12.7. The predicted octanol–water partition coefficient (Wildman–Crippen LogP) is 2.78. The number of carbonyl (C=O) groups is 1. The summed E-state index contributed by atoms with van der Waals surface area (Å²) >= 11 is 0. The van der Waals surface area contributed by atoms with Crippen molar-refractivity contribution in [3.8, 4) is 0 Å². The lowest BCUT2D eigenvalue weighted by Crippen LogP contribution is -2.48. The molecule has 5 heteroatoms. The van der Waals surface area contributed by atoms with Crippen molar-refractivity contribution in [2.75, 3.05) is 58.8 Å². The van der Waals surface area contributed by atoms with Crippen molar-refractivity contribution in [3.05, 3.63) is 65.2 Å². The Hall–Kier alpha value is -2.37. The number of anilines is 1. The number of carbonyl (C=O) groups excluding carboxylic acids is 1. The second kappa shape index (κ2) is 9.22. The van der Waals surface area contributed by atoms with Crippen LogP contribution in [0, 0.1) is 6.92 Å². The van der Waals surface area contributed by atoms with Crippen LogP contribution in [0.25, 0.3) is 0 Å². The highest BCUT2D eigenvalue weighted by Gasteiger charge is 2.24. The Balaban J connectivity index is 1.75. The standard InChI is InChI=1S/C23H32N4O/c1-18-6-5-7-20(16-18)23(28)24-17-22(27-14-12-26(4)13-15-27)19-8-10-21(11-9-19)25(2)3/h5-11,16,22H,12-15,17H2,1-4H3,(H,24,28)/t22-/m1/s1. The molecule has 1 N–H and O–H groups in total. The van der Waals surface area contributed by atoms with E-state index in [-0.39, 0.29) is 11.9 Å². The SMILES string of the molecule is Cc1cccc(C(=O)NC[C@H](c2ccc(N(C)C)cc2)N2CCN(C)CC2)c1. The zero-order chi connectivity index (χ0) is 20.1. The first-order chi connectivity index (χ1) is 13.4. The number of amides is 1. The van der Waals surface area contributed by atoms with Crippen LogP contribution in [0.2, 0.25) is 0 Å². The first-order valence-electron chi connectivity index (χ1n) is 9.99. The van der Waals surface area contributed by atoms with Crippen LogP contribution in [0.15, 0.2) is 48.5 Å². The van der Waals surface area contributed by atoms with Crippen molar-refractivity contribution in [2.24, 2.45) is 0 Å². The number of hydrogen-bond donors (Lipinski definition) is 1. The van der Waals surface area contributed by atoms with Gasteiger partial charge in [0.2, 0.25) is 0 Å². The number of hydrogen-bond acceptors (Lipinski definition) is 4. The molecular formula is C23H32N4O. The fourth-order valence-electron chi connectivity index (χ4n) is 3.66. The van der Waals surface area contributed by atoms with Gasteiger partial charge in [-0.2, -0.15) is 0 Å². The second-order valence-corrected chi connectivity index (χ2v) is 7.92. The first-order valence-corrected chi connectivity index (χ1v) is 9.99. The molecule has 1 saturated heterocycles. The van der Waals surface area contributed by atoms with Crippen molar-refractivity contribution in [2.45, 2.75) is 13.0 Å². The van der Waals surface area contributed by atoms with Crippen LogP contribution < -0.4 is 10.2 Å². The summed E-state index contributed by atoms with van der Waals surface area (Å²) in [7, 11) is 6.27. The predicted molar refractivity (Wildman–Crippen MR) is 116 cm³/mol. The highest BCUT2D eigenvalue weighted by molar-refractivity contribution is 5.94. The Morgan fingerprint density at radius 1 is 1.07 bits per heavy atom. The third kappa shape index (κ3) is 5.12. The van der Waals surface area contributed by atoms with E-state index in [9.17, 15) is 4.79 Å². The highest BCUT2D eigenvalue weighted by atomic mass is 16.1. The molecule has 150 valence electrons. The highest BCUT2D eigenvalue weighted by Crippen LogP contribution is 2.24. The molecule has 0 unspecified atom stereocenters. The molecular weight excluding hydrogens is 348 g/mol. The second-order valence-electron chi connectivity index (χ2n) is 7.92. The van der Waals surface area contributed by atoms with Crippen LogP contribution in [-0.4, -0.2) is 69.6 Å². The van der Waals surface area contributed by atoms with E-state index in [0.717, 1.165) is 37.3 Å². The van der Waals surface area contributed by atoms with E-state index in [4.69, 9.17) is 0 Å². The molecule has 1 amide bonds. The van der Waals surface area contributed by atoms with E-state index >= 15 is 0 Å². The summed E-state index contributed by atoms with van der Waals surface area (Å²) < 4.78 is 0. The molecule has 0 spiro atoms. The first kappa shape index (κ1) is 20.4. The molecule has 2 aromatic carbocycles. The van der Waals surface area contributed by atoms with Crippen molar-refractivity contribution in [1.29, 1.82) is 0 Å². The summed E-state index contributed by atoms with van der Waals surface area (Å²) in [5.41, 5.74) is 4.26. The van der Waals surface area contributed by atoms with Gasteiger partial charge in [0.05, 0.1) is 6.04 Å². The van der Waals surface area contributed by atoms with Gasteiger partial charge in [0.25, 0.3) is 5.91 Å². The van der Waals surface area contributed by atoms with E-state index in [1.165, 1.54) is 11.3 Å². The molecule has 1 fully saturated rings. The Morgan fingerprint density at radius 2 is 1.75 bits per heavy atom. The molecule has 3 rings (SSSR count). The Labute approximate surface area is 168 Å². The molecule has 0 saturated carbocycles. The number of aryl methyl sites for hydroxylation is 1. The zero-order valence-electron chi connectivity index (χ0n) is 17.5. The smallest absolute Gasteiger partial charge is 0.251 e. The van der Waals surface area contributed by atoms with Crippen LogP contribution in [0.1, 0.15) is 27.5 Å². The Morgan fingerprint density at radius 3 is 2.36 bits per heavy atom. The van der Waals surface area contributed by atoms with E-state index < -0.39 is 0 Å². The molecule has 1 aliphatic heterocycles. The quantitative estimate of drug-likeness (QED) is 0.836. The summed E-state index contributed by atoms with van der Waals surface area (Å²) in [6.45, 7) is 6.75. The summed E-state index contributed by atoms with van der Waals surface area (Å²) in [6, 6.07) is 16.6. The summed E-state index contributed by atoms with van der Waals surface area (Å²) in [5, 5.41) is 3.17. The number of nitrogens with one attached hydrogen (secondary N) is 1. The third-order valence-corrected chi connectivity index (χ3v) is 5.51. The molecule has 28 heavy (non-hydrogen) atoms. The fraction of sp³-hybridized carbons (Fsp3) is 0.435. The number of likely N-dealkylation sites (N-methyl/N-ethyl adjacent to an activating group) is 1. The largest absolute Gasteiger partial charge is 0.378 e.